The zero-order valence-corrected chi connectivity index (χ0v) is 13.3. The number of halogens is 2. The SMILES string of the molecule is CC(C)(C)OC(=O)N[C@@H](CO)Cc1ccc(Cl)cc1Cl. The first-order chi connectivity index (χ1) is 9.21. The molecular formula is C14H19Cl2NO3. The monoisotopic (exact) mass is 319 g/mol. The van der Waals surface area contributed by atoms with Crippen LogP contribution in [0, 0.1) is 0 Å². The molecule has 2 N–H and O–H groups in total. The van der Waals surface area contributed by atoms with Crippen molar-refractivity contribution in [2.75, 3.05) is 6.61 Å². The molecule has 0 heterocycles. The summed E-state index contributed by atoms with van der Waals surface area (Å²) in [6.07, 6.45) is -0.173. The highest BCUT2D eigenvalue weighted by Gasteiger charge is 2.20. The van der Waals surface area contributed by atoms with E-state index < -0.39 is 17.7 Å². The average molecular weight is 320 g/mol. The smallest absolute Gasteiger partial charge is 0.407 e. The van der Waals surface area contributed by atoms with Gasteiger partial charge in [0.2, 0.25) is 0 Å². The minimum atomic E-state index is -0.581. The molecule has 0 fully saturated rings. The van der Waals surface area contributed by atoms with Gasteiger partial charge in [-0.25, -0.2) is 4.79 Å². The third-order valence-electron chi connectivity index (χ3n) is 2.42. The second kappa shape index (κ2) is 7.16. The van der Waals surface area contributed by atoms with E-state index in [1.807, 2.05) is 0 Å². The van der Waals surface area contributed by atoms with Crippen molar-refractivity contribution in [2.45, 2.75) is 38.8 Å². The molecule has 6 heteroatoms. The van der Waals surface area contributed by atoms with Crippen molar-refractivity contribution in [1.29, 1.82) is 0 Å². The highest BCUT2D eigenvalue weighted by molar-refractivity contribution is 6.35. The number of nitrogens with one attached hydrogen (secondary N) is 1. The van der Waals surface area contributed by atoms with Crippen LogP contribution in [0.1, 0.15) is 26.3 Å². The minimum Gasteiger partial charge on any atom is -0.444 e. The number of carbonyl (C=O) groups excluding carboxylic acids is 1. The molecule has 0 aliphatic carbocycles. The number of aliphatic hydroxyl groups is 1. The van der Waals surface area contributed by atoms with Gasteiger partial charge in [-0.1, -0.05) is 29.3 Å². The number of hydrogen-bond donors (Lipinski definition) is 2. The quantitative estimate of drug-likeness (QED) is 0.894. The van der Waals surface area contributed by atoms with Gasteiger partial charge < -0.3 is 15.2 Å². The predicted molar refractivity (Wildman–Crippen MR) is 80.4 cm³/mol. The number of ether oxygens (including phenoxy) is 1. The summed E-state index contributed by atoms with van der Waals surface area (Å²) in [5.74, 6) is 0. The van der Waals surface area contributed by atoms with Crippen molar-refractivity contribution in [3.63, 3.8) is 0 Å². The molecule has 0 radical (unpaired) electrons. The highest BCUT2D eigenvalue weighted by Crippen LogP contribution is 2.22. The van der Waals surface area contributed by atoms with Gasteiger partial charge in [-0.05, 0) is 44.9 Å². The summed E-state index contributed by atoms with van der Waals surface area (Å²) in [6.45, 7) is 5.11. The van der Waals surface area contributed by atoms with E-state index in [1.165, 1.54) is 0 Å². The molecule has 1 aromatic rings. The minimum absolute atomic E-state index is 0.210. The first-order valence-electron chi connectivity index (χ1n) is 6.25. The van der Waals surface area contributed by atoms with Crippen LogP contribution in [0.25, 0.3) is 0 Å². The van der Waals surface area contributed by atoms with E-state index in [2.05, 4.69) is 5.32 Å². The fourth-order valence-corrected chi connectivity index (χ4v) is 2.07. The van der Waals surface area contributed by atoms with Gasteiger partial charge in [-0.2, -0.15) is 0 Å². The van der Waals surface area contributed by atoms with Gasteiger partial charge in [-0.15, -0.1) is 0 Å². The van der Waals surface area contributed by atoms with Crippen LogP contribution in [0.2, 0.25) is 10.0 Å². The Labute approximate surface area is 129 Å². The number of alkyl carbamates (subject to hydrolysis) is 1. The lowest BCUT2D eigenvalue weighted by Gasteiger charge is -2.23. The molecule has 1 rings (SSSR count). The molecule has 0 unspecified atom stereocenters. The lowest BCUT2D eigenvalue weighted by molar-refractivity contribution is 0.0483. The fraction of sp³-hybridized carbons (Fsp3) is 0.500. The van der Waals surface area contributed by atoms with E-state index >= 15 is 0 Å². The lowest BCUT2D eigenvalue weighted by Crippen LogP contribution is -2.42. The van der Waals surface area contributed by atoms with Gasteiger partial charge in [0.05, 0.1) is 12.6 Å². The fourth-order valence-electron chi connectivity index (χ4n) is 1.59. The van der Waals surface area contributed by atoms with Gasteiger partial charge in [-0.3, -0.25) is 0 Å². The maximum atomic E-state index is 11.7. The third kappa shape index (κ3) is 5.99. The van der Waals surface area contributed by atoms with Gasteiger partial charge >= 0.3 is 6.09 Å². The Morgan fingerprint density at radius 2 is 2.05 bits per heavy atom. The molecule has 0 saturated carbocycles. The Hall–Kier alpha value is -0.970. The second-order valence-corrected chi connectivity index (χ2v) is 6.31. The summed E-state index contributed by atoms with van der Waals surface area (Å²) in [5.41, 5.74) is 0.216. The highest BCUT2D eigenvalue weighted by atomic mass is 35.5. The van der Waals surface area contributed by atoms with E-state index in [0.717, 1.165) is 5.56 Å². The molecular weight excluding hydrogens is 301 g/mol. The normalized spacial score (nSPS) is 12.9. The lowest BCUT2D eigenvalue weighted by atomic mass is 10.1. The summed E-state index contributed by atoms with van der Waals surface area (Å²) in [5, 5.41) is 13.0. The molecule has 0 aliphatic heterocycles. The van der Waals surface area contributed by atoms with Crippen LogP contribution in [0.15, 0.2) is 18.2 Å². The molecule has 0 saturated heterocycles. The molecule has 20 heavy (non-hydrogen) atoms. The van der Waals surface area contributed by atoms with Crippen molar-refractivity contribution in [1.82, 2.24) is 5.32 Å². The second-order valence-electron chi connectivity index (χ2n) is 5.47. The van der Waals surface area contributed by atoms with Crippen LogP contribution in [0.5, 0.6) is 0 Å². The molecule has 0 bridgehead atoms. The molecule has 1 atom stereocenters. The Bertz CT molecular complexity index is 472. The molecule has 4 nitrogen and oxygen atoms in total. The van der Waals surface area contributed by atoms with E-state index in [4.69, 9.17) is 27.9 Å². The van der Waals surface area contributed by atoms with E-state index in [0.29, 0.717) is 16.5 Å². The van der Waals surface area contributed by atoms with Crippen LogP contribution in [-0.2, 0) is 11.2 Å². The number of benzene rings is 1. The third-order valence-corrected chi connectivity index (χ3v) is 3.01. The molecule has 112 valence electrons. The number of hydrogen-bond acceptors (Lipinski definition) is 3. The summed E-state index contributed by atoms with van der Waals surface area (Å²) < 4.78 is 5.14. The number of amides is 1. The maximum absolute atomic E-state index is 11.7. The molecule has 0 spiro atoms. The Balaban J connectivity index is 2.65. The van der Waals surface area contributed by atoms with Crippen molar-refractivity contribution >= 4 is 29.3 Å². The van der Waals surface area contributed by atoms with E-state index in [1.54, 1.807) is 39.0 Å². The van der Waals surface area contributed by atoms with Gasteiger partial charge in [0.15, 0.2) is 0 Å². The van der Waals surface area contributed by atoms with Crippen LogP contribution >= 0.6 is 23.2 Å². The Kier molecular flexibility index (Phi) is 6.11. The van der Waals surface area contributed by atoms with Crippen molar-refractivity contribution in [3.8, 4) is 0 Å². The Morgan fingerprint density at radius 1 is 1.40 bits per heavy atom. The average Bonchev–Trinajstić information content (AvgIpc) is 2.29. The predicted octanol–water partition coefficient (Wildman–Crippen LogP) is 3.42. The number of rotatable bonds is 4. The maximum Gasteiger partial charge on any atom is 0.407 e. The van der Waals surface area contributed by atoms with E-state index in [-0.39, 0.29) is 6.61 Å². The van der Waals surface area contributed by atoms with Gasteiger partial charge in [0.1, 0.15) is 5.60 Å². The molecule has 0 aromatic heterocycles. The van der Waals surface area contributed by atoms with Crippen LogP contribution < -0.4 is 5.32 Å². The van der Waals surface area contributed by atoms with E-state index in [9.17, 15) is 9.90 Å². The summed E-state index contributed by atoms with van der Waals surface area (Å²) >= 11 is 11.9. The number of aliphatic hydroxyl groups excluding tert-OH is 1. The first-order valence-corrected chi connectivity index (χ1v) is 7.01. The molecule has 1 aromatic carbocycles. The van der Waals surface area contributed by atoms with Crippen LogP contribution in [0.3, 0.4) is 0 Å². The Morgan fingerprint density at radius 3 is 2.55 bits per heavy atom. The zero-order valence-electron chi connectivity index (χ0n) is 11.7. The van der Waals surface area contributed by atoms with Crippen LogP contribution in [0.4, 0.5) is 4.79 Å². The summed E-state index contributed by atoms with van der Waals surface area (Å²) in [6, 6.07) is 4.64. The van der Waals surface area contributed by atoms with Gasteiger partial charge in [0, 0.05) is 10.0 Å². The van der Waals surface area contributed by atoms with Crippen molar-refractivity contribution in [3.05, 3.63) is 33.8 Å². The van der Waals surface area contributed by atoms with Crippen molar-refractivity contribution in [2.24, 2.45) is 0 Å². The topological polar surface area (TPSA) is 58.6 Å². The largest absolute Gasteiger partial charge is 0.444 e. The zero-order chi connectivity index (χ0) is 15.3. The molecule has 0 aliphatic rings. The first kappa shape index (κ1) is 17.1. The molecule has 1 amide bonds. The van der Waals surface area contributed by atoms with Crippen molar-refractivity contribution < 1.29 is 14.6 Å². The standard InChI is InChI=1S/C14H19Cl2NO3/c1-14(2,3)20-13(19)17-11(8-18)6-9-4-5-10(15)7-12(9)16/h4-5,7,11,18H,6,8H2,1-3H3,(H,17,19)/t11-/m1/s1. The van der Waals surface area contributed by atoms with Crippen LogP contribution in [-0.4, -0.2) is 29.4 Å². The summed E-state index contributed by atoms with van der Waals surface area (Å²) in [7, 11) is 0. The number of carbonyl (C=O) groups is 1. The summed E-state index contributed by atoms with van der Waals surface area (Å²) in [4.78, 5) is 11.7. The van der Waals surface area contributed by atoms with Gasteiger partial charge in [0.25, 0.3) is 0 Å².